The number of esters is 1. The first-order chi connectivity index (χ1) is 6.72. The minimum absolute atomic E-state index is 0.181. The van der Waals surface area contributed by atoms with E-state index in [4.69, 9.17) is 4.74 Å². The number of hydrogen-bond acceptors (Lipinski definition) is 3. The first-order valence-corrected chi connectivity index (χ1v) is 5.02. The lowest BCUT2D eigenvalue weighted by molar-refractivity contribution is -0.146. The van der Waals surface area contributed by atoms with Crippen LogP contribution in [0.5, 0.6) is 0 Å². The van der Waals surface area contributed by atoms with E-state index in [9.17, 15) is 9.59 Å². The average molecular weight is 196 g/mol. The third kappa shape index (κ3) is 2.69. The molecule has 0 spiro atoms. The topological polar surface area (TPSA) is 43.4 Å². The Labute approximate surface area is 84.1 Å². The van der Waals surface area contributed by atoms with Crippen LogP contribution in [0.4, 0.5) is 0 Å². The van der Waals surface area contributed by atoms with Gasteiger partial charge in [-0.3, -0.25) is 4.79 Å². The molecule has 0 saturated carbocycles. The minimum Gasteiger partial charge on any atom is -0.466 e. The summed E-state index contributed by atoms with van der Waals surface area (Å²) in [7, 11) is 0. The average Bonchev–Trinajstić information content (AvgIpc) is 2.19. The van der Waals surface area contributed by atoms with Crippen molar-refractivity contribution in [3.05, 3.63) is 12.2 Å². The molecule has 0 amide bonds. The number of aldehydes is 1. The zero-order valence-electron chi connectivity index (χ0n) is 8.49. The number of allylic oxidation sites excluding steroid dienone is 2. The maximum atomic E-state index is 11.3. The van der Waals surface area contributed by atoms with Crippen molar-refractivity contribution in [3.8, 4) is 0 Å². The molecule has 0 aromatic rings. The molecule has 3 nitrogen and oxygen atoms in total. The summed E-state index contributed by atoms with van der Waals surface area (Å²) >= 11 is 0. The Morgan fingerprint density at radius 2 is 2.43 bits per heavy atom. The van der Waals surface area contributed by atoms with E-state index in [0.29, 0.717) is 6.61 Å². The van der Waals surface area contributed by atoms with E-state index in [1.54, 1.807) is 6.92 Å². The second-order valence-corrected chi connectivity index (χ2v) is 3.63. The monoisotopic (exact) mass is 196 g/mol. The van der Waals surface area contributed by atoms with Crippen LogP contribution in [0.15, 0.2) is 12.2 Å². The van der Waals surface area contributed by atoms with Gasteiger partial charge >= 0.3 is 5.97 Å². The van der Waals surface area contributed by atoms with Gasteiger partial charge in [0.1, 0.15) is 6.29 Å². The Balaban J connectivity index is 2.61. The lowest BCUT2D eigenvalue weighted by atomic mass is 9.78. The molecule has 0 aromatic carbocycles. The van der Waals surface area contributed by atoms with Gasteiger partial charge in [-0.15, -0.1) is 0 Å². The van der Waals surface area contributed by atoms with E-state index in [0.717, 1.165) is 25.5 Å². The Bertz CT molecular complexity index is 245. The van der Waals surface area contributed by atoms with Crippen LogP contribution >= 0.6 is 0 Å². The molecule has 3 heteroatoms. The van der Waals surface area contributed by atoms with E-state index in [2.05, 4.69) is 0 Å². The molecular formula is C11H16O3. The van der Waals surface area contributed by atoms with Crippen molar-refractivity contribution in [3.63, 3.8) is 0 Å². The first kappa shape index (κ1) is 11.0. The number of hydrogen-bond donors (Lipinski definition) is 0. The van der Waals surface area contributed by atoms with Crippen LogP contribution in [0.1, 0.15) is 32.6 Å². The van der Waals surface area contributed by atoms with Gasteiger partial charge in [0.25, 0.3) is 0 Å². The van der Waals surface area contributed by atoms with E-state index in [-0.39, 0.29) is 12.4 Å². The Hall–Kier alpha value is -1.12. The van der Waals surface area contributed by atoms with Crippen molar-refractivity contribution in [2.24, 2.45) is 5.41 Å². The molecular weight excluding hydrogens is 180 g/mol. The SMILES string of the molecule is CCOC(=O)CC1(C=O)C=CCCC1. The largest absolute Gasteiger partial charge is 0.466 e. The molecule has 0 radical (unpaired) electrons. The fraction of sp³-hybridized carbons (Fsp3) is 0.636. The molecule has 1 atom stereocenters. The van der Waals surface area contributed by atoms with E-state index in [1.807, 2.05) is 12.2 Å². The minimum atomic E-state index is -0.593. The van der Waals surface area contributed by atoms with Gasteiger partial charge in [-0.1, -0.05) is 12.2 Å². The summed E-state index contributed by atoms with van der Waals surface area (Å²) in [6, 6.07) is 0. The van der Waals surface area contributed by atoms with Gasteiger partial charge in [-0.25, -0.2) is 0 Å². The smallest absolute Gasteiger partial charge is 0.307 e. The zero-order valence-corrected chi connectivity index (χ0v) is 8.49. The van der Waals surface area contributed by atoms with E-state index in [1.165, 1.54) is 0 Å². The van der Waals surface area contributed by atoms with Gasteiger partial charge in [0, 0.05) is 0 Å². The summed E-state index contributed by atoms with van der Waals surface area (Å²) < 4.78 is 4.84. The van der Waals surface area contributed by atoms with Gasteiger partial charge < -0.3 is 9.53 Å². The summed E-state index contributed by atoms with van der Waals surface area (Å²) in [6.45, 7) is 2.14. The number of ether oxygens (including phenoxy) is 1. The first-order valence-electron chi connectivity index (χ1n) is 5.02. The maximum Gasteiger partial charge on any atom is 0.307 e. The van der Waals surface area contributed by atoms with Crippen LogP contribution in [-0.2, 0) is 14.3 Å². The van der Waals surface area contributed by atoms with Crippen LogP contribution in [0.25, 0.3) is 0 Å². The van der Waals surface area contributed by atoms with Crippen LogP contribution in [-0.4, -0.2) is 18.9 Å². The molecule has 0 N–H and O–H groups in total. The molecule has 1 rings (SSSR count). The number of carbonyl (C=O) groups excluding carboxylic acids is 2. The molecule has 0 bridgehead atoms. The fourth-order valence-electron chi connectivity index (χ4n) is 1.72. The summed E-state index contributed by atoms with van der Waals surface area (Å²) in [5.41, 5.74) is -0.593. The van der Waals surface area contributed by atoms with Gasteiger partial charge in [0.15, 0.2) is 0 Å². The predicted octanol–water partition coefficient (Wildman–Crippen LogP) is 1.86. The molecule has 1 aliphatic rings. The maximum absolute atomic E-state index is 11.3. The second-order valence-electron chi connectivity index (χ2n) is 3.63. The normalized spacial score (nSPS) is 25.8. The lowest BCUT2D eigenvalue weighted by Gasteiger charge is -2.25. The lowest BCUT2D eigenvalue weighted by Crippen LogP contribution is -2.26. The van der Waals surface area contributed by atoms with Gasteiger partial charge in [-0.05, 0) is 26.2 Å². The summed E-state index contributed by atoms with van der Waals surface area (Å²) in [4.78, 5) is 22.2. The summed E-state index contributed by atoms with van der Waals surface area (Å²) in [5.74, 6) is -0.286. The summed E-state index contributed by atoms with van der Waals surface area (Å²) in [6.07, 6.45) is 7.59. The second kappa shape index (κ2) is 4.94. The van der Waals surface area contributed by atoms with Crippen molar-refractivity contribution in [2.45, 2.75) is 32.6 Å². The molecule has 78 valence electrons. The quantitative estimate of drug-likeness (QED) is 0.391. The fourth-order valence-corrected chi connectivity index (χ4v) is 1.72. The number of carbonyl (C=O) groups is 2. The third-order valence-corrected chi connectivity index (χ3v) is 2.48. The van der Waals surface area contributed by atoms with Crippen LogP contribution < -0.4 is 0 Å². The highest BCUT2D eigenvalue weighted by molar-refractivity contribution is 5.77. The van der Waals surface area contributed by atoms with Crippen LogP contribution in [0, 0.1) is 5.41 Å². The highest BCUT2D eigenvalue weighted by Gasteiger charge is 2.31. The molecule has 1 aliphatic carbocycles. The highest BCUT2D eigenvalue weighted by atomic mass is 16.5. The number of rotatable bonds is 4. The predicted molar refractivity (Wildman–Crippen MR) is 52.7 cm³/mol. The van der Waals surface area contributed by atoms with Crippen molar-refractivity contribution >= 4 is 12.3 Å². The van der Waals surface area contributed by atoms with Crippen molar-refractivity contribution in [1.82, 2.24) is 0 Å². The zero-order chi connectivity index (χ0) is 10.4. The molecule has 0 heterocycles. The third-order valence-electron chi connectivity index (χ3n) is 2.48. The van der Waals surface area contributed by atoms with E-state index >= 15 is 0 Å². The van der Waals surface area contributed by atoms with Crippen molar-refractivity contribution in [1.29, 1.82) is 0 Å². The van der Waals surface area contributed by atoms with Gasteiger partial charge in [0.2, 0.25) is 0 Å². The van der Waals surface area contributed by atoms with Crippen molar-refractivity contribution < 1.29 is 14.3 Å². The van der Waals surface area contributed by atoms with Crippen LogP contribution in [0.2, 0.25) is 0 Å². The standard InChI is InChI=1S/C11H16O3/c1-2-14-10(13)8-11(9-12)6-4-3-5-7-11/h4,6,9H,2-3,5,7-8H2,1H3. The summed E-state index contributed by atoms with van der Waals surface area (Å²) in [5, 5.41) is 0. The Morgan fingerprint density at radius 1 is 1.64 bits per heavy atom. The Morgan fingerprint density at radius 3 is 2.93 bits per heavy atom. The molecule has 1 unspecified atom stereocenters. The van der Waals surface area contributed by atoms with Crippen molar-refractivity contribution in [2.75, 3.05) is 6.61 Å². The molecule has 14 heavy (non-hydrogen) atoms. The molecule has 0 saturated heterocycles. The van der Waals surface area contributed by atoms with E-state index < -0.39 is 5.41 Å². The molecule has 0 fully saturated rings. The molecule has 0 aromatic heterocycles. The molecule has 0 aliphatic heterocycles. The Kier molecular flexibility index (Phi) is 3.86. The van der Waals surface area contributed by atoms with Gasteiger partial charge in [-0.2, -0.15) is 0 Å². The highest BCUT2D eigenvalue weighted by Crippen LogP contribution is 2.32. The van der Waals surface area contributed by atoms with Gasteiger partial charge in [0.05, 0.1) is 18.4 Å². The van der Waals surface area contributed by atoms with Crippen LogP contribution in [0.3, 0.4) is 0 Å².